The van der Waals surface area contributed by atoms with Gasteiger partial charge in [0.25, 0.3) is 5.56 Å². The Bertz CT molecular complexity index is 1140. The minimum absolute atomic E-state index is 0.0298. The van der Waals surface area contributed by atoms with E-state index < -0.39 is 0 Å². The number of piperazine rings is 1. The highest BCUT2D eigenvalue weighted by molar-refractivity contribution is 9.10. The first kappa shape index (κ1) is 22.0. The smallest absolute Gasteiger partial charge is 0.252 e. The first-order valence-electron chi connectivity index (χ1n) is 10.9. The Morgan fingerprint density at radius 3 is 2.65 bits per heavy atom. The van der Waals surface area contributed by atoms with Crippen LogP contribution in [0.1, 0.15) is 45.2 Å². The van der Waals surface area contributed by atoms with Crippen LogP contribution in [0.25, 0.3) is 11.0 Å². The van der Waals surface area contributed by atoms with Crippen molar-refractivity contribution in [2.45, 2.75) is 51.7 Å². The summed E-state index contributed by atoms with van der Waals surface area (Å²) in [6, 6.07) is 7.34. The Hall–Kier alpha value is -2.19. The molecule has 0 aliphatic carbocycles. The number of nitrogens with zero attached hydrogens (tertiary/aromatic N) is 4. The van der Waals surface area contributed by atoms with Gasteiger partial charge in [-0.3, -0.25) is 14.8 Å². The fraction of sp³-hybridized carbons (Fsp3) is 0.478. The number of aromatic amines is 1. The average molecular weight is 490 g/mol. The van der Waals surface area contributed by atoms with Gasteiger partial charge in [0, 0.05) is 55.0 Å². The standard InChI is InChI=1S/C23H29BrFN5O/c1-5-16-13-30(20-10-22(31)28(4)21-11-26-27-23(20)21)17(6-2)12-29(16)14(3)18-8-7-15(25)9-19(18)24/h7-11,14,16-17H,5-6,12-13H2,1-4H3,(H,26,27)/t14?,16-,17+/m1/s1. The van der Waals surface area contributed by atoms with Crippen molar-refractivity contribution >= 4 is 32.7 Å². The molecular formula is C23H29BrFN5O. The van der Waals surface area contributed by atoms with E-state index >= 15 is 0 Å². The van der Waals surface area contributed by atoms with Crippen molar-refractivity contribution in [1.29, 1.82) is 0 Å². The zero-order valence-electron chi connectivity index (χ0n) is 18.4. The van der Waals surface area contributed by atoms with Gasteiger partial charge in [0.2, 0.25) is 0 Å². The molecule has 0 radical (unpaired) electrons. The number of aryl methyl sites for hydroxylation is 1. The molecule has 1 aliphatic rings. The Balaban J connectivity index is 1.70. The first-order chi connectivity index (χ1) is 14.8. The number of halogens is 2. The number of pyridine rings is 1. The Kier molecular flexibility index (Phi) is 6.21. The molecule has 0 amide bonds. The maximum Gasteiger partial charge on any atom is 0.252 e. The average Bonchev–Trinajstić information content (AvgIpc) is 3.25. The van der Waals surface area contributed by atoms with Crippen LogP contribution < -0.4 is 10.5 Å². The lowest BCUT2D eigenvalue weighted by Gasteiger charge is -2.49. The second-order valence-corrected chi connectivity index (χ2v) is 9.22. The summed E-state index contributed by atoms with van der Waals surface area (Å²) >= 11 is 3.55. The van der Waals surface area contributed by atoms with Gasteiger partial charge in [0.1, 0.15) is 11.3 Å². The van der Waals surface area contributed by atoms with E-state index in [1.54, 1.807) is 23.9 Å². The lowest BCUT2D eigenvalue weighted by atomic mass is 9.96. The summed E-state index contributed by atoms with van der Waals surface area (Å²) in [5.74, 6) is -0.236. The number of nitrogens with one attached hydrogen (secondary N) is 1. The molecule has 166 valence electrons. The summed E-state index contributed by atoms with van der Waals surface area (Å²) in [5.41, 5.74) is 3.61. The van der Waals surface area contributed by atoms with E-state index in [4.69, 9.17) is 0 Å². The maximum atomic E-state index is 13.6. The third-order valence-corrected chi connectivity index (χ3v) is 7.40. The molecule has 3 atom stereocenters. The van der Waals surface area contributed by atoms with Gasteiger partial charge in [0.15, 0.2) is 0 Å². The van der Waals surface area contributed by atoms with Crippen molar-refractivity contribution in [2.24, 2.45) is 7.05 Å². The minimum atomic E-state index is -0.236. The third-order valence-electron chi connectivity index (χ3n) is 6.72. The van der Waals surface area contributed by atoms with E-state index in [-0.39, 0.29) is 23.5 Å². The number of H-pyrrole nitrogens is 1. The van der Waals surface area contributed by atoms with Crippen LogP contribution in [0.4, 0.5) is 10.1 Å². The number of hydrogen-bond donors (Lipinski definition) is 1. The van der Waals surface area contributed by atoms with Crippen molar-refractivity contribution < 1.29 is 4.39 Å². The number of fused-ring (bicyclic) bond motifs is 1. The molecule has 0 saturated carbocycles. The summed E-state index contributed by atoms with van der Waals surface area (Å²) in [6.45, 7) is 8.24. The Morgan fingerprint density at radius 2 is 1.97 bits per heavy atom. The Labute approximate surface area is 190 Å². The molecule has 1 saturated heterocycles. The van der Waals surface area contributed by atoms with Crippen LogP contribution in [0, 0.1) is 5.82 Å². The fourth-order valence-electron chi connectivity index (χ4n) is 4.82. The molecule has 0 spiro atoms. The van der Waals surface area contributed by atoms with Crippen LogP contribution in [0.3, 0.4) is 0 Å². The van der Waals surface area contributed by atoms with Crippen LogP contribution in [0.2, 0.25) is 0 Å². The summed E-state index contributed by atoms with van der Waals surface area (Å²) in [5, 5.41) is 7.38. The monoisotopic (exact) mass is 489 g/mol. The van der Waals surface area contributed by atoms with Crippen molar-refractivity contribution in [3.05, 3.63) is 56.7 Å². The molecule has 3 heterocycles. The molecule has 0 bridgehead atoms. The van der Waals surface area contributed by atoms with E-state index in [9.17, 15) is 9.18 Å². The molecule has 1 unspecified atom stereocenters. The lowest BCUT2D eigenvalue weighted by Crippen LogP contribution is -2.58. The molecule has 1 aliphatic heterocycles. The number of anilines is 1. The van der Waals surface area contributed by atoms with Crippen LogP contribution in [0.5, 0.6) is 0 Å². The van der Waals surface area contributed by atoms with Gasteiger partial charge in [0.05, 0.1) is 11.2 Å². The molecule has 8 heteroatoms. The SMILES string of the molecule is CC[C@H]1CN(C(C)c2ccc(F)cc2Br)[C@H](CC)CN1c1cc(=O)n(C)c2c[nH]nc12. The van der Waals surface area contributed by atoms with E-state index in [1.807, 2.05) is 6.07 Å². The molecule has 3 aromatic rings. The van der Waals surface area contributed by atoms with Gasteiger partial charge in [-0.1, -0.05) is 35.8 Å². The van der Waals surface area contributed by atoms with E-state index in [0.29, 0.717) is 6.04 Å². The Morgan fingerprint density at radius 1 is 1.23 bits per heavy atom. The molecule has 31 heavy (non-hydrogen) atoms. The van der Waals surface area contributed by atoms with Gasteiger partial charge >= 0.3 is 0 Å². The predicted molar refractivity (Wildman–Crippen MR) is 126 cm³/mol. The number of aromatic nitrogens is 3. The summed E-state index contributed by atoms with van der Waals surface area (Å²) in [7, 11) is 1.77. The molecule has 2 aromatic heterocycles. The first-order valence-corrected chi connectivity index (χ1v) is 11.7. The highest BCUT2D eigenvalue weighted by atomic mass is 79.9. The summed E-state index contributed by atoms with van der Waals surface area (Å²) in [4.78, 5) is 17.5. The second-order valence-electron chi connectivity index (χ2n) is 8.36. The van der Waals surface area contributed by atoms with Gasteiger partial charge in [-0.15, -0.1) is 0 Å². The van der Waals surface area contributed by atoms with Crippen LogP contribution in [-0.2, 0) is 7.05 Å². The van der Waals surface area contributed by atoms with Gasteiger partial charge < -0.3 is 9.47 Å². The second kappa shape index (κ2) is 8.74. The van der Waals surface area contributed by atoms with Gasteiger partial charge in [-0.05, 0) is 37.5 Å². The van der Waals surface area contributed by atoms with Crippen molar-refractivity contribution in [3.8, 4) is 0 Å². The highest BCUT2D eigenvalue weighted by Crippen LogP contribution is 2.36. The highest BCUT2D eigenvalue weighted by Gasteiger charge is 2.36. The van der Waals surface area contributed by atoms with Crippen molar-refractivity contribution in [2.75, 3.05) is 18.0 Å². The minimum Gasteiger partial charge on any atom is -0.364 e. The van der Waals surface area contributed by atoms with Gasteiger partial charge in [-0.25, -0.2) is 4.39 Å². The van der Waals surface area contributed by atoms with E-state index in [2.05, 4.69) is 56.7 Å². The van der Waals surface area contributed by atoms with Crippen LogP contribution in [-0.4, -0.2) is 44.8 Å². The zero-order chi connectivity index (χ0) is 22.3. The third kappa shape index (κ3) is 3.91. The normalized spacial score (nSPS) is 21.0. The van der Waals surface area contributed by atoms with Gasteiger partial charge in [-0.2, -0.15) is 5.10 Å². The number of rotatable bonds is 5. The molecule has 4 rings (SSSR count). The fourth-order valence-corrected chi connectivity index (χ4v) is 5.50. The molecular weight excluding hydrogens is 461 g/mol. The van der Waals surface area contributed by atoms with E-state index in [1.165, 1.54) is 12.1 Å². The summed E-state index contributed by atoms with van der Waals surface area (Å²) < 4.78 is 16.1. The van der Waals surface area contributed by atoms with Crippen LogP contribution >= 0.6 is 15.9 Å². The van der Waals surface area contributed by atoms with E-state index in [0.717, 1.165) is 52.7 Å². The number of hydrogen-bond acceptors (Lipinski definition) is 4. The predicted octanol–water partition coefficient (Wildman–Crippen LogP) is 4.60. The largest absolute Gasteiger partial charge is 0.364 e. The molecule has 1 aromatic carbocycles. The lowest BCUT2D eigenvalue weighted by molar-refractivity contribution is 0.101. The topological polar surface area (TPSA) is 57.2 Å². The quantitative estimate of drug-likeness (QED) is 0.568. The molecule has 1 N–H and O–H groups in total. The summed E-state index contributed by atoms with van der Waals surface area (Å²) in [6.07, 6.45) is 3.71. The molecule has 1 fully saturated rings. The maximum absolute atomic E-state index is 13.6. The molecule has 6 nitrogen and oxygen atoms in total. The van der Waals surface area contributed by atoms with Crippen molar-refractivity contribution in [3.63, 3.8) is 0 Å². The van der Waals surface area contributed by atoms with Crippen LogP contribution in [0.15, 0.2) is 39.7 Å². The number of benzene rings is 1. The zero-order valence-corrected chi connectivity index (χ0v) is 20.0. The van der Waals surface area contributed by atoms with Crippen molar-refractivity contribution in [1.82, 2.24) is 19.7 Å².